The van der Waals surface area contributed by atoms with Gasteiger partial charge in [0, 0.05) is 12.1 Å². The predicted octanol–water partition coefficient (Wildman–Crippen LogP) is 4.45. The summed E-state index contributed by atoms with van der Waals surface area (Å²) in [6, 6.07) is -1.28. The Balaban J connectivity index is 0.000000285. The smallest absolute Gasteiger partial charge is 0.329 e. The second-order valence-electron chi connectivity index (χ2n) is 9.21. The van der Waals surface area contributed by atoms with E-state index in [1.54, 1.807) is 18.7 Å². The molecule has 0 bridgehead atoms. The SMILES string of the molecule is CCOC(=O)[C@@H](CC)N(c1nc(Cl)ncc1[N+](=O)[O-])C(C)C.CC[C@@H]1C(=O)N(O)c2cnc(Cl)nc2N1C(C)C. The number of hydroxylamine groups is 1. The fourth-order valence-corrected chi connectivity index (χ4v) is 4.58. The third-order valence-electron chi connectivity index (χ3n) is 5.97. The average molecular weight is 601 g/mol. The third kappa shape index (κ3) is 7.23. The average Bonchev–Trinajstić information content (AvgIpc) is 2.88. The van der Waals surface area contributed by atoms with Crippen LogP contribution in [0.4, 0.5) is 23.0 Å². The molecule has 0 aromatic carbocycles. The van der Waals surface area contributed by atoms with Gasteiger partial charge in [-0.3, -0.25) is 20.1 Å². The van der Waals surface area contributed by atoms with E-state index in [9.17, 15) is 24.9 Å². The topological polar surface area (TPSA) is 168 Å². The van der Waals surface area contributed by atoms with Gasteiger partial charge in [-0.1, -0.05) is 13.8 Å². The normalized spacial score (nSPS) is 15.4. The lowest BCUT2D eigenvalue weighted by atomic mass is 10.1. The van der Waals surface area contributed by atoms with Crippen LogP contribution in [0.15, 0.2) is 12.4 Å². The number of amides is 1. The standard InChI is InChI=1S/C13H19ClN4O4.C11H15ClN4O2/c1-5-9(12(19)22-6-2)17(8(3)4)11-10(18(20)21)7-15-13(14)16-11;1-4-7-10(17)16(18)8-5-13-11(12)14-9(8)15(7)6(2)3/h7-9H,5-6H2,1-4H3;5-7,18H,4H2,1-3H3/t9-;7-/m11/s1. The van der Waals surface area contributed by atoms with E-state index in [2.05, 4.69) is 19.9 Å². The zero-order valence-electron chi connectivity index (χ0n) is 23.4. The number of esters is 1. The number of carbonyl (C=O) groups is 2. The van der Waals surface area contributed by atoms with Crippen LogP contribution in [0.2, 0.25) is 10.6 Å². The molecule has 0 spiro atoms. The number of halogens is 2. The Morgan fingerprint density at radius 2 is 1.75 bits per heavy atom. The number of ether oxygens (including phenoxy) is 1. The van der Waals surface area contributed by atoms with E-state index >= 15 is 0 Å². The lowest BCUT2D eigenvalue weighted by Gasteiger charge is -2.41. The van der Waals surface area contributed by atoms with Crippen molar-refractivity contribution in [3.63, 3.8) is 0 Å². The molecule has 14 nitrogen and oxygen atoms in total. The number of hydrogen-bond acceptors (Lipinski definition) is 12. The summed E-state index contributed by atoms with van der Waals surface area (Å²) < 4.78 is 5.05. The minimum atomic E-state index is -0.690. The van der Waals surface area contributed by atoms with Gasteiger partial charge >= 0.3 is 11.7 Å². The first-order valence-corrected chi connectivity index (χ1v) is 13.5. The van der Waals surface area contributed by atoms with Crippen LogP contribution < -0.4 is 14.9 Å². The molecule has 0 unspecified atom stereocenters. The molecule has 16 heteroatoms. The van der Waals surface area contributed by atoms with Gasteiger partial charge in [-0.15, -0.1) is 0 Å². The van der Waals surface area contributed by atoms with E-state index in [0.29, 0.717) is 23.7 Å². The van der Waals surface area contributed by atoms with E-state index in [4.69, 9.17) is 27.9 Å². The Labute approximate surface area is 242 Å². The van der Waals surface area contributed by atoms with Crippen molar-refractivity contribution in [1.82, 2.24) is 19.9 Å². The van der Waals surface area contributed by atoms with Crippen molar-refractivity contribution < 1.29 is 24.5 Å². The number of nitro groups is 1. The molecule has 3 heterocycles. The highest BCUT2D eigenvalue weighted by atomic mass is 35.5. The summed E-state index contributed by atoms with van der Waals surface area (Å²) in [4.78, 5) is 53.7. The molecule has 0 fully saturated rings. The zero-order valence-corrected chi connectivity index (χ0v) is 24.9. The molecule has 2 aromatic heterocycles. The molecule has 0 aliphatic carbocycles. The van der Waals surface area contributed by atoms with Gasteiger partial charge < -0.3 is 14.5 Å². The van der Waals surface area contributed by atoms with Gasteiger partial charge in [0.2, 0.25) is 16.4 Å². The number of rotatable bonds is 9. The van der Waals surface area contributed by atoms with Gasteiger partial charge in [0.05, 0.1) is 17.7 Å². The van der Waals surface area contributed by atoms with Gasteiger partial charge in [-0.25, -0.2) is 14.8 Å². The van der Waals surface area contributed by atoms with Gasteiger partial charge in [-0.05, 0) is 70.7 Å². The molecule has 1 amide bonds. The Morgan fingerprint density at radius 3 is 2.25 bits per heavy atom. The highest BCUT2D eigenvalue weighted by molar-refractivity contribution is 6.28. The minimum Gasteiger partial charge on any atom is -0.464 e. The van der Waals surface area contributed by atoms with Crippen molar-refractivity contribution in [2.75, 3.05) is 21.5 Å². The second kappa shape index (κ2) is 14.3. The first-order valence-electron chi connectivity index (χ1n) is 12.8. The monoisotopic (exact) mass is 600 g/mol. The Bertz CT molecular complexity index is 1220. The van der Waals surface area contributed by atoms with Crippen molar-refractivity contribution >= 4 is 58.1 Å². The van der Waals surface area contributed by atoms with E-state index in [-0.39, 0.29) is 52.4 Å². The fraction of sp³-hybridized carbons (Fsp3) is 0.583. The summed E-state index contributed by atoms with van der Waals surface area (Å²) in [5.74, 6) is -0.328. The minimum absolute atomic E-state index is 0.0138. The molecule has 1 aliphatic heterocycles. The summed E-state index contributed by atoms with van der Waals surface area (Å²) in [6.45, 7) is 13.2. The van der Waals surface area contributed by atoms with Crippen LogP contribution in [-0.4, -0.2) is 72.7 Å². The molecule has 1 N–H and O–H groups in total. The molecular weight excluding hydrogens is 567 g/mol. The fourth-order valence-electron chi connectivity index (χ4n) is 4.32. The van der Waals surface area contributed by atoms with Gasteiger partial charge in [0.25, 0.3) is 5.91 Å². The molecule has 0 saturated carbocycles. The summed E-state index contributed by atoms with van der Waals surface area (Å²) in [6.07, 6.45) is 3.38. The first kappa shape index (κ1) is 32.8. The molecule has 40 heavy (non-hydrogen) atoms. The van der Waals surface area contributed by atoms with Crippen LogP contribution in [-0.2, 0) is 14.3 Å². The Hall–Kier alpha value is -3.36. The number of aromatic nitrogens is 4. The van der Waals surface area contributed by atoms with Crippen molar-refractivity contribution in [1.29, 1.82) is 0 Å². The molecule has 0 saturated heterocycles. The van der Waals surface area contributed by atoms with Crippen LogP contribution in [0.1, 0.15) is 61.3 Å². The molecule has 2 aromatic rings. The van der Waals surface area contributed by atoms with Crippen LogP contribution in [0, 0.1) is 10.1 Å². The molecule has 3 rings (SSSR count). The summed E-state index contributed by atoms with van der Waals surface area (Å²) in [7, 11) is 0. The van der Waals surface area contributed by atoms with Gasteiger partial charge in [-0.2, -0.15) is 15.0 Å². The molecular formula is C24H34Cl2N8O6. The summed E-state index contributed by atoms with van der Waals surface area (Å²) in [5.41, 5.74) is -0.0383. The predicted molar refractivity (Wildman–Crippen MR) is 150 cm³/mol. The number of anilines is 3. The van der Waals surface area contributed by atoms with Crippen LogP contribution >= 0.6 is 23.2 Å². The number of hydrogen-bond donors (Lipinski definition) is 1. The van der Waals surface area contributed by atoms with Crippen molar-refractivity contribution in [3.05, 3.63) is 33.1 Å². The lowest BCUT2D eigenvalue weighted by Crippen LogP contribution is -2.55. The largest absolute Gasteiger partial charge is 0.464 e. The van der Waals surface area contributed by atoms with E-state index < -0.39 is 23.0 Å². The maximum atomic E-state index is 12.1. The highest BCUT2D eigenvalue weighted by Crippen LogP contribution is 2.36. The van der Waals surface area contributed by atoms with Gasteiger partial charge in [0.1, 0.15) is 24.0 Å². The quantitative estimate of drug-likeness (QED) is 0.141. The van der Waals surface area contributed by atoms with Crippen molar-refractivity contribution in [3.8, 4) is 0 Å². The number of fused-ring (bicyclic) bond motifs is 1. The Morgan fingerprint density at radius 1 is 1.15 bits per heavy atom. The molecule has 1 aliphatic rings. The van der Waals surface area contributed by atoms with Crippen molar-refractivity contribution in [2.45, 2.75) is 85.5 Å². The third-order valence-corrected chi connectivity index (χ3v) is 6.33. The maximum Gasteiger partial charge on any atom is 0.329 e. The molecule has 220 valence electrons. The van der Waals surface area contributed by atoms with E-state index in [0.717, 1.165) is 6.20 Å². The second-order valence-corrected chi connectivity index (χ2v) is 9.88. The van der Waals surface area contributed by atoms with E-state index in [1.165, 1.54) is 6.20 Å². The highest BCUT2D eigenvalue weighted by Gasteiger charge is 2.39. The maximum absolute atomic E-state index is 12.1. The lowest BCUT2D eigenvalue weighted by molar-refractivity contribution is -0.384. The van der Waals surface area contributed by atoms with Crippen LogP contribution in [0.25, 0.3) is 0 Å². The molecule has 2 atom stereocenters. The number of nitrogens with zero attached hydrogens (tertiary/aromatic N) is 8. The van der Waals surface area contributed by atoms with Crippen LogP contribution in [0.5, 0.6) is 0 Å². The number of carbonyl (C=O) groups excluding carboxylic acids is 2. The summed E-state index contributed by atoms with van der Waals surface area (Å²) in [5, 5.41) is 21.6. The van der Waals surface area contributed by atoms with E-state index in [1.807, 2.05) is 39.5 Å². The Kier molecular flexibility index (Phi) is 11.8. The zero-order chi connectivity index (χ0) is 30.3. The summed E-state index contributed by atoms with van der Waals surface area (Å²) >= 11 is 11.6. The first-order chi connectivity index (χ1) is 18.8. The van der Waals surface area contributed by atoms with Crippen LogP contribution in [0.3, 0.4) is 0 Å². The molecule has 0 radical (unpaired) electrons. The van der Waals surface area contributed by atoms with Crippen molar-refractivity contribution in [2.24, 2.45) is 0 Å². The van der Waals surface area contributed by atoms with Gasteiger partial charge in [0.15, 0.2) is 5.82 Å².